The first-order valence-corrected chi connectivity index (χ1v) is 9.27. The molecule has 0 aliphatic carbocycles. The van der Waals surface area contributed by atoms with Crippen molar-refractivity contribution < 1.29 is 0 Å². The van der Waals surface area contributed by atoms with E-state index in [-0.39, 0.29) is 0 Å². The minimum atomic E-state index is 0.705. The van der Waals surface area contributed by atoms with Crippen molar-refractivity contribution in [3.63, 3.8) is 0 Å². The average molecular weight is 368 g/mol. The van der Waals surface area contributed by atoms with Crippen molar-refractivity contribution in [1.29, 1.82) is 0 Å². The number of halogens is 1. The zero-order valence-electron chi connectivity index (χ0n) is 13.3. The van der Waals surface area contributed by atoms with Gasteiger partial charge in [-0.25, -0.2) is 0 Å². The maximum Gasteiger partial charge on any atom is 0.235 e. The summed E-state index contributed by atoms with van der Waals surface area (Å²) in [7, 11) is 0. The summed E-state index contributed by atoms with van der Waals surface area (Å²) in [5.74, 6) is 0.746. The first kappa shape index (κ1) is 14.9. The number of para-hydroxylation sites is 1. The van der Waals surface area contributed by atoms with Gasteiger partial charge in [0.15, 0.2) is 5.82 Å². The van der Waals surface area contributed by atoms with Crippen LogP contribution in [0.3, 0.4) is 0 Å². The molecule has 0 saturated carbocycles. The fourth-order valence-electron chi connectivity index (χ4n) is 3.23. The first-order chi connectivity index (χ1) is 12.3. The van der Waals surface area contributed by atoms with Crippen LogP contribution in [0.4, 0.5) is 5.69 Å². The molecule has 0 spiro atoms. The van der Waals surface area contributed by atoms with Crippen molar-refractivity contribution in [3.8, 4) is 11.4 Å². The molecule has 25 heavy (non-hydrogen) atoms. The zero-order chi connectivity index (χ0) is 16.8. The van der Waals surface area contributed by atoms with E-state index in [1.807, 2.05) is 28.8 Å². The van der Waals surface area contributed by atoms with Crippen molar-refractivity contribution in [2.45, 2.75) is 13.0 Å². The van der Waals surface area contributed by atoms with Gasteiger partial charge in [-0.1, -0.05) is 41.1 Å². The Hall–Kier alpha value is -2.44. The van der Waals surface area contributed by atoms with Gasteiger partial charge in [-0.3, -0.25) is 0 Å². The minimum absolute atomic E-state index is 0.705. The van der Waals surface area contributed by atoms with Gasteiger partial charge in [-0.2, -0.15) is 9.61 Å². The molecule has 0 unspecified atom stereocenters. The Bertz CT molecular complexity index is 1050. The van der Waals surface area contributed by atoms with Crippen LogP contribution in [0.15, 0.2) is 48.5 Å². The Balaban J connectivity index is 1.47. The molecule has 0 atom stereocenters. The lowest BCUT2D eigenvalue weighted by Crippen LogP contribution is -2.19. The van der Waals surface area contributed by atoms with E-state index in [1.54, 1.807) is 11.3 Å². The Morgan fingerprint density at radius 2 is 1.88 bits per heavy atom. The van der Waals surface area contributed by atoms with Crippen molar-refractivity contribution in [1.82, 2.24) is 19.8 Å². The number of benzene rings is 2. The molecule has 0 bridgehead atoms. The molecular formula is C18H14ClN5S. The summed E-state index contributed by atoms with van der Waals surface area (Å²) in [6, 6.07) is 16.2. The lowest BCUT2D eigenvalue weighted by atomic mass is 10.2. The summed E-state index contributed by atoms with van der Waals surface area (Å²) in [6.45, 7) is 1.83. The van der Waals surface area contributed by atoms with Crippen LogP contribution in [0.1, 0.15) is 10.6 Å². The van der Waals surface area contributed by atoms with Crippen LogP contribution >= 0.6 is 22.9 Å². The Labute approximate surface area is 153 Å². The summed E-state index contributed by atoms with van der Waals surface area (Å²) >= 11 is 7.56. The van der Waals surface area contributed by atoms with Gasteiger partial charge in [0.05, 0.1) is 6.54 Å². The SMILES string of the molecule is Clc1ccc(-c2nnc3sc(CN4CCc5ccccc54)nn23)cc1. The van der Waals surface area contributed by atoms with Gasteiger partial charge in [0, 0.05) is 22.8 Å². The highest BCUT2D eigenvalue weighted by molar-refractivity contribution is 7.16. The molecule has 1 aliphatic rings. The fraction of sp³-hybridized carbons (Fsp3) is 0.167. The Morgan fingerprint density at radius 1 is 1.04 bits per heavy atom. The van der Waals surface area contributed by atoms with Crippen molar-refractivity contribution in [3.05, 3.63) is 64.1 Å². The van der Waals surface area contributed by atoms with Gasteiger partial charge in [-0.05, 0) is 42.3 Å². The van der Waals surface area contributed by atoms with Crippen LogP contribution in [-0.2, 0) is 13.0 Å². The van der Waals surface area contributed by atoms with Crippen LogP contribution in [-0.4, -0.2) is 26.4 Å². The number of rotatable bonds is 3. The van der Waals surface area contributed by atoms with E-state index >= 15 is 0 Å². The second kappa shape index (κ2) is 5.82. The highest BCUT2D eigenvalue weighted by Gasteiger charge is 2.21. The molecule has 0 amide bonds. The van der Waals surface area contributed by atoms with Crippen LogP contribution in [0.25, 0.3) is 16.3 Å². The average Bonchev–Trinajstić information content (AvgIpc) is 3.31. The molecule has 0 saturated heterocycles. The van der Waals surface area contributed by atoms with Crippen molar-refractivity contribution >= 4 is 33.6 Å². The molecule has 4 aromatic rings. The molecular weight excluding hydrogens is 354 g/mol. The molecule has 2 aromatic heterocycles. The smallest absolute Gasteiger partial charge is 0.235 e. The summed E-state index contributed by atoms with van der Waals surface area (Å²) in [5, 5.41) is 15.0. The first-order valence-electron chi connectivity index (χ1n) is 8.08. The maximum atomic E-state index is 5.97. The number of aromatic nitrogens is 4. The third-order valence-electron chi connectivity index (χ3n) is 4.44. The van der Waals surface area contributed by atoms with Crippen LogP contribution in [0.5, 0.6) is 0 Å². The van der Waals surface area contributed by atoms with E-state index in [9.17, 15) is 0 Å². The molecule has 0 fully saturated rings. The normalized spacial score (nSPS) is 13.6. The lowest BCUT2D eigenvalue weighted by molar-refractivity contribution is 0.802. The van der Waals surface area contributed by atoms with E-state index < -0.39 is 0 Å². The predicted molar refractivity (Wildman–Crippen MR) is 100 cm³/mol. The van der Waals surface area contributed by atoms with E-state index in [2.05, 4.69) is 39.4 Å². The standard InChI is InChI=1S/C18H14ClN5S/c19-14-7-5-13(6-8-14)17-20-21-18-24(17)22-16(25-18)11-23-10-9-12-3-1-2-4-15(12)23/h1-8H,9-11H2. The highest BCUT2D eigenvalue weighted by Crippen LogP contribution is 2.30. The molecule has 5 nitrogen and oxygen atoms in total. The summed E-state index contributed by atoms with van der Waals surface area (Å²) in [6.07, 6.45) is 1.09. The quantitative estimate of drug-likeness (QED) is 0.547. The van der Waals surface area contributed by atoms with Gasteiger partial charge in [-0.15, -0.1) is 10.2 Å². The molecule has 7 heteroatoms. The lowest BCUT2D eigenvalue weighted by Gasteiger charge is -2.17. The zero-order valence-corrected chi connectivity index (χ0v) is 14.8. The van der Waals surface area contributed by atoms with Crippen LogP contribution < -0.4 is 4.90 Å². The third kappa shape index (κ3) is 2.58. The van der Waals surface area contributed by atoms with Gasteiger partial charge >= 0.3 is 0 Å². The monoisotopic (exact) mass is 367 g/mol. The van der Waals surface area contributed by atoms with Gasteiger partial charge in [0.2, 0.25) is 4.96 Å². The molecule has 1 aliphatic heterocycles. The van der Waals surface area contributed by atoms with E-state index in [0.29, 0.717) is 5.02 Å². The maximum absolute atomic E-state index is 5.97. The van der Waals surface area contributed by atoms with Gasteiger partial charge in [0.1, 0.15) is 5.01 Å². The van der Waals surface area contributed by atoms with Crippen molar-refractivity contribution in [2.75, 3.05) is 11.4 Å². The summed E-state index contributed by atoms with van der Waals surface area (Å²) in [4.78, 5) is 3.19. The number of hydrogen-bond acceptors (Lipinski definition) is 5. The summed E-state index contributed by atoms with van der Waals surface area (Å²) < 4.78 is 1.82. The molecule has 0 N–H and O–H groups in total. The molecule has 3 heterocycles. The summed E-state index contributed by atoms with van der Waals surface area (Å²) in [5.41, 5.74) is 3.68. The molecule has 0 radical (unpaired) electrons. The molecule has 124 valence electrons. The van der Waals surface area contributed by atoms with Gasteiger partial charge < -0.3 is 4.90 Å². The predicted octanol–water partition coefficient (Wildman–Crippen LogP) is 4.07. The third-order valence-corrected chi connectivity index (χ3v) is 5.58. The number of anilines is 1. The molecule has 5 rings (SSSR count). The number of hydrogen-bond donors (Lipinski definition) is 0. The van der Waals surface area contributed by atoms with Crippen LogP contribution in [0, 0.1) is 0 Å². The largest absolute Gasteiger partial charge is 0.364 e. The second-order valence-electron chi connectivity index (χ2n) is 6.02. The van der Waals surface area contributed by atoms with E-state index in [0.717, 1.165) is 40.9 Å². The van der Waals surface area contributed by atoms with Crippen molar-refractivity contribution in [2.24, 2.45) is 0 Å². The van der Waals surface area contributed by atoms with Crippen LogP contribution in [0.2, 0.25) is 5.02 Å². The minimum Gasteiger partial charge on any atom is -0.364 e. The second-order valence-corrected chi connectivity index (χ2v) is 7.50. The van der Waals surface area contributed by atoms with E-state index in [4.69, 9.17) is 16.7 Å². The highest BCUT2D eigenvalue weighted by atomic mass is 35.5. The van der Waals surface area contributed by atoms with E-state index in [1.165, 1.54) is 11.3 Å². The van der Waals surface area contributed by atoms with Gasteiger partial charge in [0.25, 0.3) is 0 Å². The fourth-order valence-corrected chi connectivity index (χ4v) is 4.21. The number of nitrogens with zero attached hydrogens (tertiary/aromatic N) is 5. The Morgan fingerprint density at radius 3 is 2.76 bits per heavy atom. The molecule has 2 aromatic carbocycles. The number of fused-ring (bicyclic) bond motifs is 2. The topological polar surface area (TPSA) is 46.3 Å². The Kier molecular flexibility index (Phi) is 3.46.